The van der Waals surface area contributed by atoms with Crippen molar-refractivity contribution in [1.29, 1.82) is 0 Å². The van der Waals surface area contributed by atoms with Crippen molar-refractivity contribution < 1.29 is 14.3 Å². The summed E-state index contributed by atoms with van der Waals surface area (Å²) in [4.78, 5) is 25.6. The molecule has 6 heteroatoms. The molecule has 2 N–H and O–H groups in total. The molecular weight excluding hydrogens is 402 g/mol. The van der Waals surface area contributed by atoms with Crippen molar-refractivity contribution in [1.82, 2.24) is 9.88 Å². The smallest absolute Gasteiger partial charge is 0.268 e. The van der Waals surface area contributed by atoms with Crippen molar-refractivity contribution in [2.45, 2.75) is 52.7 Å². The number of amides is 2. The van der Waals surface area contributed by atoms with E-state index in [2.05, 4.69) is 10.6 Å². The van der Waals surface area contributed by atoms with Crippen LogP contribution >= 0.6 is 0 Å². The van der Waals surface area contributed by atoms with Crippen LogP contribution in [0, 0.1) is 13.8 Å². The fourth-order valence-electron chi connectivity index (χ4n) is 4.30. The second kappa shape index (κ2) is 8.79. The average Bonchev–Trinajstić information content (AvgIpc) is 3.37. The molecule has 1 aliphatic heterocycles. The number of carbonyl (C=O) groups is 2. The number of anilines is 1. The predicted octanol–water partition coefficient (Wildman–Crippen LogP) is 4.83. The highest BCUT2D eigenvalue weighted by Gasteiger charge is 2.30. The lowest BCUT2D eigenvalue weighted by Crippen LogP contribution is -2.40. The zero-order valence-corrected chi connectivity index (χ0v) is 19.2. The number of benzene rings is 2. The molecule has 168 valence electrons. The minimum Gasteiger partial charge on any atom is -0.373 e. The predicted molar refractivity (Wildman–Crippen MR) is 127 cm³/mol. The van der Waals surface area contributed by atoms with Gasteiger partial charge in [0.25, 0.3) is 11.8 Å². The first-order valence-electron chi connectivity index (χ1n) is 11.2. The molecule has 1 fully saturated rings. The number of fused-ring (bicyclic) bond motifs is 1. The summed E-state index contributed by atoms with van der Waals surface area (Å²) in [5.74, 6) is -0.259. The molecule has 4 rings (SSSR count). The van der Waals surface area contributed by atoms with Gasteiger partial charge in [-0.2, -0.15) is 0 Å². The molecule has 2 amide bonds. The fourth-order valence-corrected chi connectivity index (χ4v) is 4.30. The van der Waals surface area contributed by atoms with Gasteiger partial charge in [0.05, 0.1) is 5.60 Å². The Morgan fingerprint density at radius 2 is 1.88 bits per heavy atom. The first-order valence-corrected chi connectivity index (χ1v) is 11.2. The molecule has 3 aromatic rings. The quantitative estimate of drug-likeness (QED) is 0.585. The number of hydrogen-bond acceptors (Lipinski definition) is 3. The molecule has 1 aromatic heterocycles. The van der Waals surface area contributed by atoms with E-state index < -0.39 is 0 Å². The van der Waals surface area contributed by atoms with Crippen LogP contribution in [0.4, 0.5) is 5.69 Å². The summed E-state index contributed by atoms with van der Waals surface area (Å²) in [6.45, 7) is 10.0. The fraction of sp³-hybridized carbons (Fsp3) is 0.385. The molecule has 1 atom stereocenters. The van der Waals surface area contributed by atoms with E-state index in [1.165, 1.54) is 0 Å². The number of aromatic nitrogens is 1. The molecule has 0 aliphatic carbocycles. The lowest BCUT2D eigenvalue weighted by Gasteiger charge is -2.23. The van der Waals surface area contributed by atoms with Crippen molar-refractivity contribution >= 4 is 28.4 Å². The third-order valence-electron chi connectivity index (χ3n) is 6.40. The molecular formula is C26H31N3O3. The first kappa shape index (κ1) is 22.1. The Morgan fingerprint density at radius 1 is 1.06 bits per heavy atom. The molecule has 1 aliphatic rings. The van der Waals surface area contributed by atoms with Crippen LogP contribution in [0.1, 0.15) is 58.7 Å². The van der Waals surface area contributed by atoms with E-state index in [0.717, 1.165) is 41.5 Å². The third-order valence-corrected chi connectivity index (χ3v) is 6.40. The standard InChI is InChI=1S/C26H31N3O3/c1-5-29-22-10-9-21(28-24(30)19-8-7-17(2)18(3)13-19)14-20(22)15-23(29)25(31)27-16-26(4)11-6-12-32-26/h7-10,13-15H,5-6,11-12,16H2,1-4H3,(H,27,31)(H,28,30)/t26-/m0/s1. The lowest BCUT2D eigenvalue weighted by molar-refractivity contribution is 0.0205. The molecule has 1 saturated heterocycles. The monoisotopic (exact) mass is 433 g/mol. The molecule has 0 radical (unpaired) electrons. The van der Waals surface area contributed by atoms with Gasteiger partial charge in [0.2, 0.25) is 0 Å². The Kier molecular flexibility index (Phi) is 6.07. The van der Waals surface area contributed by atoms with Crippen LogP contribution in [-0.2, 0) is 11.3 Å². The molecule has 0 saturated carbocycles. The molecule has 0 bridgehead atoms. The Hall–Kier alpha value is -3.12. The maximum absolute atomic E-state index is 12.9. The molecule has 32 heavy (non-hydrogen) atoms. The van der Waals surface area contributed by atoms with Gasteiger partial charge in [0.15, 0.2) is 0 Å². The van der Waals surface area contributed by atoms with Gasteiger partial charge in [-0.25, -0.2) is 0 Å². The minimum absolute atomic E-state index is 0.111. The molecule has 6 nitrogen and oxygen atoms in total. The number of carbonyl (C=O) groups excluding carboxylic acids is 2. The number of aryl methyl sites for hydroxylation is 3. The second-order valence-electron chi connectivity index (χ2n) is 8.89. The Bertz CT molecular complexity index is 1170. The summed E-state index contributed by atoms with van der Waals surface area (Å²) < 4.78 is 7.78. The third kappa shape index (κ3) is 4.41. The summed E-state index contributed by atoms with van der Waals surface area (Å²) >= 11 is 0. The van der Waals surface area contributed by atoms with Crippen LogP contribution < -0.4 is 10.6 Å². The van der Waals surface area contributed by atoms with E-state index in [4.69, 9.17) is 4.74 Å². The maximum Gasteiger partial charge on any atom is 0.268 e. The summed E-state index contributed by atoms with van der Waals surface area (Å²) in [6, 6.07) is 13.3. The van der Waals surface area contributed by atoms with Crippen LogP contribution in [0.25, 0.3) is 10.9 Å². The van der Waals surface area contributed by atoms with E-state index in [9.17, 15) is 9.59 Å². The van der Waals surface area contributed by atoms with Crippen LogP contribution in [0.15, 0.2) is 42.5 Å². The molecule has 0 unspecified atom stereocenters. The molecule has 0 spiro atoms. The van der Waals surface area contributed by atoms with Crippen molar-refractivity contribution in [3.63, 3.8) is 0 Å². The van der Waals surface area contributed by atoms with Crippen molar-refractivity contribution in [2.24, 2.45) is 0 Å². The Balaban J connectivity index is 1.54. The van der Waals surface area contributed by atoms with Gasteiger partial charge >= 0.3 is 0 Å². The summed E-state index contributed by atoms with van der Waals surface area (Å²) in [5, 5.41) is 6.93. The molecule has 2 heterocycles. The van der Waals surface area contributed by atoms with Gasteiger partial charge in [-0.1, -0.05) is 6.07 Å². The van der Waals surface area contributed by atoms with E-state index >= 15 is 0 Å². The SMILES string of the molecule is CCn1c(C(=O)NC[C@]2(C)CCCO2)cc2cc(NC(=O)c3ccc(C)c(C)c3)ccc21. The zero-order chi connectivity index (χ0) is 22.9. The average molecular weight is 434 g/mol. The van der Waals surface area contributed by atoms with Crippen molar-refractivity contribution in [3.05, 3.63) is 64.8 Å². The second-order valence-corrected chi connectivity index (χ2v) is 8.89. The number of rotatable bonds is 6. The molecule has 2 aromatic carbocycles. The van der Waals surface area contributed by atoms with Gasteiger partial charge in [0.1, 0.15) is 5.69 Å². The highest BCUT2D eigenvalue weighted by atomic mass is 16.5. The zero-order valence-electron chi connectivity index (χ0n) is 19.2. The van der Waals surface area contributed by atoms with E-state index in [1.54, 1.807) is 0 Å². The topological polar surface area (TPSA) is 72.4 Å². The van der Waals surface area contributed by atoms with Gasteiger partial charge in [-0.05, 0) is 88.1 Å². The number of hydrogen-bond donors (Lipinski definition) is 2. The highest BCUT2D eigenvalue weighted by Crippen LogP contribution is 2.26. The highest BCUT2D eigenvalue weighted by molar-refractivity contribution is 6.06. The van der Waals surface area contributed by atoms with E-state index in [1.807, 2.05) is 74.7 Å². The summed E-state index contributed by atoms with van der Waals surface area (Å²) in [7, 11) is 0. The van der Waals surface area contributed by atoms with Gasteiger partial charge in [0, 0.05) is 41.9 Å². The normalized spacial score (nSPS) is 18.1. The minimum atomic E-state index is -0.287. The first-order chi connectivity index (χ1) is 15.3. The largest absolute Gasteiger partial charge is 0.373 e. The van der Waals surface area contributed by atoms with Gasteiger partial charge in [-0.3, -0.25) is 9.59 Å². The van der Waals surface area contributed by atoms with Gasteiger partial charge < -0.3 is 19.9 Å². The van der Waals surface area contributed by atoms with Crippen LogP contribution in [0.3, 0.4) is 0 Å². The van der Waals surface area contributed by atoms with Crippen LogP contribution in [0.5, 0.6) is 0 Å². The maximum atomic E-state index is 12.9. The summed E-state index contributed by atoms with van der Waals surface area (Å²) in [5.41, 5.74) is 4.86. The Morgan fingerprint density at radius 3 is 2.56 bits per heavy atom. The van der Waals surface area contributed by atoms with E-state index in [-0.39, 0.29) is 17.4 Å². The van der Waals surface area contributed by atoms with E-state index in [0.29, 0.717) is 30.0 Å². The van der Waals surface area contributed by atoms with Crippen LogP contribution in [-0.4, -0.2) is 35.1 Å². The Labute approximate surface area is 188 Å². The number of ether oxygens (including phenoxy) is 1. The van der Waals surface area contributed by atoms with Crippen molar-refractivity contribution in [2.75, 3.05) is 18.5 Å². The summed E-state index contributed by atoms with van der Waals surface area (Å²) in [6.07, 6.45) is 1.98. The van der Waals surface area contributed by atoms with Gasteiger partial charge in [-0.15, -0.1) is 0 Å². The number of nitrogens with zero attached hydrogens (tertiary/aromatic N) is 1. The number of nitrogens with one attached hydrogen (secondary N) is 2. The lowest BCUT2D eigenvalue weighted by atomic mass is 10.0. The van der Waals surface area contributed by atoms with Crippen LogP contribution in [0.2, 0.25) is 0 Å². The van der Waals surface area contributed by atoms with Crippen molar-refractivity contribution in [3.8, 4) is 0 Å².